The van der Waals surface area contributed by atoms with Crippen LogP contribution < -0.4 is 16.8 Å². The van der Waals surface area contributed by atoms with Crippen LogP contribution in [0.1, 0.15) is 13.2 Å². The lowest BCUT2D eigenvalue weighted by Crippen LogP contribution is -2.39. The van der Waals surface area contributed by atoms with Gasteiger partial charge in [0.25, 0.3) is 0 Å². The molecule has 2 aliphatic heterocycles. The van der Waals surface area contributed by atoms with Crippen LogP contribution in [0.3, 0.4) is 0 Å². The number of aliphatic hydroxyl groups is 1. The van der Waals surface area contributed by atoms with Gasteiger partial charge in [0.05, 0.1) is 6.61 Å². The third kappa shape index (κ3) is 3.27. The van der Waals surface area contributed by atoms with E-state index in [9.17, 15) is 14.6 Å². The number of nitrogens with one attached hydrogen (secondary N) is 1. The summed E-state index contributed by atoms with van der Waals surface area (Å²) in [6.45, 7) is 2.00. The van der Waals surface area contributed by atoms with E-state index in [2.05, 4.69) is 20.3 Å². The number of fused-ring (bicyclic) bond motifs is 2. The predicted molar refractivity (Wildman–Crippen MR) is 92.4 cm³/mol. The van der Waals surface area contributed by atoms with Crippen molar-refractivity contribution in [3.8, 4) is 0 Å². The standard InChI is InChI=1S/C13H20N7O6P/c1-5(14)2-16-13-19-7-10(15)17-4-18-11(7)20(13)12-8(21)9-6(25-12)3-24-27(22,23)26-9/h4-6,8-9,12,21H,2-3,14H2,1H3,(H,16,19)(H,22,23)(H2,15,17,18)/t5-,6+,8+,9+,12+/m0/s1. The highest BCUT2D eigenvalue weighted by atomic mass is 31.2. The summed E-state index contributed by atoms with van der Waals surface area (Å²) >= 11 is 0. The van der Waals surface area contributed by atoms with Crippen LogP contribution in [0.25, 0.3) is 11.2 Å². The van der Waals surface area contributed by atoms with Crippen LogP contribution in [-0.2, 0) is 18.3 Å². The molecule has 2 aromatic rings. The van der Waals surface area contributed by atoms with Crippen molar-refractivity contribution in [2.24, 2.45) is 5.73 Å². The van der Waals surface area contributed by atoms with Crippen molar-refractivity contribution < 1.29 is 28.3 Å². The lowest BCUT2D eigenvalue weighted by molar-refractivity contribution is -0.0659. The number of aliphatic hydroxyl groups excluding tert-OH is 1. The highest BCUT2D eigenvalue weighted by Crippen LogP contribution is 2.52. The van der Waals surface area contributed by atoms with Crippen molar-refractivity contribution in [1.82, 2.24) is 19.5 Å². The van der Waals surface area contributed by atoms with Gasteiger partial charge in [0.2, 0.25) is 5.95 Å². The molecular formula is C13H20N7O6P. The van der Waals surface area contributed by atoms with E-state index in [-0.39, 0.29) is 18.5 Å². The molecule has 13 nitrogen and oxygen atoms in total. The Morgan fingerprint density at radius 2 is 2.30 bits per heavy atom. The van der Waals surface area contributed by atoms with E-state index in [1.807, 2.05) is 6.92 Å². The van der Waals surface area contributed by atoms with Gasteiger partial charge in [-0.3, -0.25) is 13.6 Å². The van der Waals surface area contributed by atoms with Gasteiger partial charge in [0, 0.05) is 12.6 Å². The zero-order chi connectivity index (χ0) is 19.3. The Bertz CT molecular complexity index is 907. The summed E-state index contributed by atoms with van der Waals surface area (Å²) in [5, 5.41) is 13.8. The van der Waals surface area contributed by atoms with Crippen LogP contribution in [-0.4, -0.2) is 67.0 Å². The summed E-state index contributed by atoms with van der Waals surface area (Å²) in [5.74, 6) is 0.470. The fraction of sp³-hybridized carbons (Fsp3) is 0.615. The van der Waals surface area contributed by atoms with Crippen LogP contribution in [0.5, 0.6) is 0 Å². The van der Waals surface area contributed by atoms with E-state index in [0.717, 1.165) is 0 Å². The van der Waals surface area contributed by atoms with E-state index < -0.39 is 32.4 Å². The number of anilines is 2. The molecule has 0 radical (unpaired) electrons. The first-order chi connectivity index (χ1) is 12.8. The second kappa shape index (κ2) is 6.63. The minimum absolute atomic E-state index is 0.159. The third-order valence-electron chi connectivity index (χ3n) is 4.31. The Balaban J connectivity index is 1.75. The molecule has 27 heavy (non-hydrogen) atoms. The normalized spacial score (nSPS) is 34.5. The summed E-state index contributed by atoms with van der Waals surface area (Å²) < 4.78 is 28.8. The Kier molecular flexibility index (Phi) is 4.55. The average molecular weight is 401 g/mol. The Morgan fingerprint density at radius 3 is 3.04 bits per heavy atom. The summed E-state index contributed by atoms with van der Waals surface area (Å²) in [6.07, 6.45) is -2.80. The largest absolute Gasteiger partial charge is 0.472 e. The number of nitrogen functional groups attached to an aromatic ring is 1. The van der Waals surface area contributed by atoms with Gasteiger partial charge < -0.3 is 31.5 Å². The van der Waals surface area contributed by atoms with Crippen molar-refractivity contribution in [3.05, 3.63) is 6.33 Å². The van der Waals surface area contributed by atoms with Gasteiger partial charge in [-0.05, 0) is 6.92 Å². The molecule has 7 N–H and O–H groups in total. The third-order valence-corrected chi connectivity index (χ3v) is 5.29. The Morgan fingerprint density at radius 1 is 1.52 bits per heavy atom. The molecule has 0 saturated carbocycles. The van der Waals surface area contributed by atoms with Crippen LogP contribution in [0.2, 0.25) is 0 Å². The molecule has 4 heterocycles. The Labute approximate surface area is 153 Å². The van der Waals surface area contributed by atoms with E-state index >= 15 is 0 Å². The van der Waals surface area contributed by atoms with Gasteiger partial charge in [-0.25, -0.2) is 19.5 Å². The molecule has 2 saturated heterocycles. The molecule has 2 aliphatic rings. The first-order valence-electron chi connectivity index (χ1n) is 8.24. The van der Waals surface area contributed by atoms with Gasteiger partial charge in [0.1, 0.15) is 24.6 Å². The van der Waals surface area contributed by atoms with Crippen LogP contribution >= 0.6 is 7.82 Å². The number of hydrogen-bond acceptors (Lipinski definition) is 11. The van der Waals surface area contributed by atoms with Crippen molar-refractivity contribution in [1.29, 1.82) is 0 Å². The average Bonchev–Trinajstić information content (AvgIpc) is 3.11. The van der Waals surface area contributed by atoms with E-state index in [4.69, 9.17) is 25.3 Å². The van der Waals surface area contributed by atoms with Gasteiger partial charge in [0.15, 0.2) is 23.2 Å². The quantitative estimate of drug-likeness (QED) is 0.391. The molecule has 2 aromatic heterocycles. The maximum Gasteiger partial charge on any atom is 0.472 e. The molecule has 2 fully saturated rings. The lowest BCUT2D eigenvalue weighted by atomic mass is 10.1. The number of imidazole rings is 1. The molecule has 0 aromatic carbocycles. The monoisotopic (exact) mass is 401 g/mol. The van der Waals surface area contributed by atoms with Crippen molar-refractivity contribution >= 4 is 30.8 Å². The molecule has 4 rings (SSSR count). The Hall–Kier alpha value is -1.86. The summed E-state index contributed by atoms with van der Waals surface area (Å²) in [7, 11) is -4.23. The van der Waals surface area contributed by atoms with Crippen LogP contribution in [0, 0.1) is 0 Å². The maximum absolute atomic E-state index is 11.7. The highest BCUT2D eigenvalue weighted by molar-refractivity contribution is 7.47. The van der Waals surface area contributed by atoms with E-state index in [1.165, 1.54) is 10.9 Å². The zero-order valence-corrected chi connectivity index (χ0v) is 15.2. The van der Waals surface area contributed by atoms with Gasteiger partial charge >= 0.3 is 7.82 Å². The fourth-order valence-electron chi connectivity index (χ4n) is 3.09. The lowest BCUT2D eigenvalue weighted by Gasteiger charge is -2.27. The van der Waals surface area contributed by atoms with Crippen LogP contribution in [0.4, 0.5) is 11.8 Å². The molecule has 0 aliphatic carbocycles. The van der Waals surface area contributed by atoms with Crippen molar-refractivity contribution in [2.45, 2.75) is 37.5 Å². The predicted octanol–water partition coefficient (Wildman–Crippen LogP) is -1.06. The van der Waals surface area contributed by atoms with Gasteiger partial charge in [-0.1, -0.05) is 0 Å². The number of ether oxygens (including phenoxy) is 1. The van der Waals surface area contributed by atoms with E-state index in [0.29, 0.717) is 23.7 Å². The first kappa shape index (κ1) is 18.5. The zero-order valence-electron chi connectivity index (χ0n) is 14.3. The summed E-state index contributed by atoms with van der Waals surface area (Å²) in [6, 6.07) is -0.171. The second-order valence-electron chi connectivity index (χ2n) is 6.48. The number of phosphoric ester groups is 1. The van der Waals surface area contributed by atoms with Crippen molar-refractivity contribution in [3.63, 3.8) is 0 Å². The minimum Gasteiger partial charge on any atom is -0.386 e. The summed E-state index contributed by atoms with van der Waals surface area (Å²) in [4.78, 5) is 22.0. The smallest absolute Gasteiger partial charge is 0.386 e. The second-order valence-corrected chi connectivity index (χ2v) is 7.89. The number of phosphoric acid groups is 1. The van der Waals surface area contributed by atoms with Crippen LogP contribution in [0.15, 0.2) is 6.33 Å². The molecular weight excluding hydrogens is 381 g/mol. The molecule has 0 spiro atoms. The minimum atomic E-state index is -4.23. The molecule has 0 bridgehead atoms. The van der Waals surface area contributed by atoms with Gasteiger partial charge in [-0.2, -0.15) is 0 Å². The first-order valence-corrected chi connectivity index (χ1v) is 9.73. The SMILES string of the molecule is C[C@H](N)CNc1nc2c(N)ncnc2n1[C@@H]1O[C@@H]2COP(=O)(O)O[C@H]2[C@H]1O. The van der Waals surface area contributed by atoms with Gasteiger partial charge in [-0.15, -0.1) is 0 Å². The number of nitrogens with two attached hydrogens (primary N) is 2. The van der Waals surface area contributed by atoms with E-state index in [1.54, 1.807) is 0 Å². The summed E-state index contributed by atoms with van der Waals surface area (Å²) in [5.41, 5.74) is 12.3. The highest BCUT2D eigenvalue weighted by Gasteiger charge is 2.53. The topological polar surface area (TPSA) is 193 Å². The number of rotatable bonds is 4. The molecule has 1 unspecified atom stereocenters. The molecule has 6 atom stereocenters. The number of aromatic nitrogens is 4. The number of nitrogens with zero attached hydrogens (tertiary/aromatic N) is 4. The molecule has 0 amide bonds. The molecule has 14 heteroatoms. The fourth-order valence-corrected chi connectivity index (χ4v) is 4.06. The number of hydrogen-bond donors (Lipinski definition) is 5. The maximum atomic E-state index is 11.7. The molecule has 148 valence electrons. The van der Waals surface area contributed by atoms with Crippen molar-refractivity contribution in [2.75, 3.05) is 24.2 Å².